The van der Waals surface area contributed by atoms with Gasteiger partial charge in [-0.3, -0.25) is 0 Å². The van der Waals surface area contributed by atoms with Crippen LogP contribution < -0.4 is 4.90 Å². The first-order valence-electron chi connectivity index (χ1n) is 8.06. The summed E-state index contributed by atoms with van der Waals surface area (Å²) < 4.78 is 38.8. The summed E-state index contributed by atoms with van der Waals surface area (Å²) in [6.45, 7) is 0.873. The molecule has 5 nitrogen and oxygen atoms in total. The molecular weight excluding hydrogens is 335 g/mol. The van der Waals surface area contributed by atoms with Crippen molar-refractivity contribution in [2.24, 2.45) is 5.92 Å². The fourth-order valence-electron chi connectivity index (χ4n) is 3.67. The van der Waals surface area contributed by atoms with Crippen LogP contribution in [0.1, 0.15) is 39.3 Å². The Hall–Kier alpha value is -2.51. The summed E-state index contributed by atoms with van der Waals surface area (Å²) in [4.78, 5) is 20.7. The van der Waals surface area contributed by atoms with Crippen LogP contribution in [-0.4, -0.2) is 27.2 Å². The van der Waals surface area contributed by atoms with Crippen LogP contribution >= 0.6 is 0 Å². The van der Waals surface area contributed by atoms with E-state index in [1.807, 2.05) is 11.0 Å². The fourth-order valence-corrected chi connectivity index (χ4v) is 3.67. The maximum atomic E-state index is 12.9. The molecule has 4 rings (SSSR count). The van der Waals surface area contributed by atoms with Gasteiger partial charge in [0, 0.05) is 25.2 Å². The zero-order valence-electron chi connectivity index (χ0n) is 13.2. The van der Waals surface area contributed by atoms with Crippen LogP contribution in [0.15, 0.2) is 18.2 Å². The number of imidazole rings is 1. The summed E-state index contributed by atoms with van der Waals surface area (Å²) in [5, 5.41) is 9.30. The number of alkyl halides is 3. The molecule has 0 spiro atoms. The number of anilines is 1. The predicted molar refractivity (Wildman–Crippen MR) is 83.4 cm³/mol. The number of benzene rings is 1. The molecule has 0 bridgehead atoms. The van der Waals surface area contributed by atoms with E-state index in [0.717, 1.165) is 11.1 Å². The largest absolute Gasteiger partial charge is 0.478 e. The van der Waals surface area contributed by atoms with Crippen molar-refractivity contribution in [3.63, 3.8) is 0 Å². The van der Waals surface area contributed by atoms with Crippen LogP contribution in [0, 0.1) is 5.92 Å². The van der Waals surface area contributed by atoms with Crippen LogP contribution in [0.3, 0.4) is 0 Å². The van der Waals surface area contributed by atoms with E-state index in [-0.39, 0.29) is 18.4 Å². The standard InChI is InChI=1S/C17H16F3N3O2/c18-17(19,20)10-4-5-13-14(6-10)22-16(21-13)23-7-9-2-1-3-11(15(24)25)12(9)8-23/h1-3,10H,4-8H2,(H,21,22)(H,24,25). The third kappa shape index (κ3) is 2.75. The van der Waals surface area contributed by atoms with Crippen molar-refractivity contribution in [1.82, 2.24) is 9.97 Å². The zero-order chi connectivity index (χ0) is 17.8. The number of hydrogen-bond donors (Lipinski definition) is 2. The Bertz CT molecular complexity index is 844. The van der Waals surface area contributed by atoms with Crippen molar-refractivity contribution in [3.05, 3.63) is 46.3 Å². The zero-order valence-corrected chi connectivity index (χ0v) is 13.2. The lowest BCUT2D eigenvalue weighted by molar-refractivity contribution is -0.177. The monoisotopic (exact) mass is 351 g/mol. The van der Waals surface area contributed by atoms with Crippen LogP contribution in [-0.2, 0) is 25.9 Å². The van der Waals surface area contributed by atoms with E-state index in [4.69, 9.17) is 0 Å². The van der Waals surface area contributed by atoms with E-state index in [1.54, 1.807) is 12.1 Å². The number of carboxylic acid groups (broad SMARTS) is 1. The number of aryl methyl sites for hydroxylation is 1. The molecule has 8 heteroatoms. The lowest BCUT2D eigenvalue weighted by Crippen LogP contribution is -2.28. The molecule has 0 radical (unpaired) electrons. The van der Waals surface area contributed by atoms with Crippen molar-refractivity contribution in [2.75, 3.05) is 4.90 Å². The molecule has 0 amide bonds. The second-order valence-electron chi connectivity index (χ2n) is 6.57. The number of halogens is 3. The predicted octanol–water partition coefficient (Wildman–Crippen LogP) is 3.30. The van der Waals surface area contributed by atoms with Gasteiger partial charge in [0.15, 0.2) is 0 Å². The summed E-state index contributed by atoms with van der Waals surface area (Å²) >= 11 is 0. The lowest BCUT2D eigenvalue weighted by atomic mass is 9.89. The van der Waals surface area contributed by atoms with E-state index in [9.17, 15) is 23.1 Å². The Labute approximate surface area is 141 Å². The molecule has 132 valence electrons. The highest BCUT2D eigenvalue weighted by Crippen LogP contribution is 2.38. The summed E-state index contributed by atoms with van der Waals surface area (Å²) in [6, 6.07) is 5.13. The van der Waals surface area contributed by atoms with Gasteiger partial charge in [-0.2, -0.15) is 13.2 Å². The Balaban J connectivity index is 1.59. The number of hydrogen-bond acceptors (Lipinski definition) is 3. The molecule has 1 aliphatic heterocycles. The molecule has 0 fully saturated rings. The van der Waals surface area contributed by atoms with Crippen molar-refractivity contribution < 1.29 is 23.1 Å². The smallest absolute Gasteiger partial charge is 0.392 e. The third-order valence-corrected chi connectivity index (χ3v) is 5.01. The Morgan fingerprint density at radius 3 is 2.84 bits per heavy atom. The lowest BCUT2D eigenvalue weighted by Gasteiger charge is -2.23. The van der Waals surface area contributed by atoms with Gasteiger partial charge in [0.25, 0.3) is 0 Å². The van der Waals surface area contributed by atoms with Crippen LogP contribution in [0.5, 0.6) is 0 Å². The highest BCUT2D eigenvalue weighted by Gasteiger charge is 2.42. The number of carboxylic acids is 1. The van der Waals surface area contributed by atoms with E-state index in [1.165, 1.54) is 0 Å². The van der Waals surface area contributed by atoms with Crippen molar-refractivity contribution in [3.8, 4) is 0 Å². The molecule has 1 aliphatic carbocycles. The second-order valence-corrected chi connectivity index (χ2v) is 6.57. The number of rotatable bonds is 2. The Morgan fingerprint density at radius 1 is 1.32 bits per heavy atom. The normalized spacial score (nSPS) is 19.6. The highest BCUT2D eigenvalue weighted by atomic mass is 19.4. The van der Waals surface area contributed by atoms with E-state index in [0.29, 0.717) is 36.8 Å². The number of aromatic carboxylic acids is 1. The average molecular weight is 351 g/mol. The molecule has 25 heavy (non-hydrogen) atoms. The summed E-state index contributed by atoms with van der Waals surface area (Å²) in [5.41, 5.74) is 3.12. The van der Waals surface area contributed by atoms with Crippen LogP contribution in [0.25, 0.3) is 0 Å². The molecule has 2 heterocycles. The average Bonchev–Trinajstić information content (AvgIpc) is 3.16. The van der Waals surface area contributed by atoms with Gasteiger partial charge in [-0.15, -0.1) is 0 Å². The summed E-state index contributed by atoms with van der Waals surface area (Å²) in [6.07, 6.45) is -3.91. The van der Waals surface area contributed by atoms with Gasteiger partial charge in [0.2, 0.25) is 5.95 Å². The van der Waals surface area contributed by atoms with E-state index >= 15 is 0 Å². The van der Waals surface area contributed by atoms with Crippen LogP contribution in [0.2, 0.25) is 0 Å². The van der Waals surface area contributed by atoms with Gasteiger partial charge in [-0.05, 0) is 30.0 Å². The first-order chi connectivity index (χ1) is 11.8. The Kier molecular flexibility index (Phi) is 3.52. The molecule has 0 saturated carbocycles. The highest BCUT2D eigenvalue weighted by molar-refractivity contribution is 5.90. The number of carbonyl (C=O) groups is 1. The molecule has 1 aromatic heterocycles. The SMILES string of the molecule is O=C(O)c1cccc2c1CN(c1nc3c([nH]1)CC(C(F)(F)F)CC3)C2. The number of aromatic amines is 1. The molecule has 2 aliphatic rings. The summed E-state index contributed by atoms with van der Waals surface area (Å²) in [7, 11) is 0. The fraction of sp³-hybridized carbons (Fsp3) is 0.412. The number of fused-ring (bicyclic) bond motifs is 2. The van der Waals surface area contributed by atoms with Gasteiger partial charge in [-0.1, -0.05) is 12.1 Å². The van der Waals surface area contributed by atoms with Crippen LogP contribution in [0.4, 0.5) is 19.1 Å². The number of H-pyrrole nitrogens is 1. The molecule has 1 aromatic carbocycles. The first-order valence-corrected chi connectivity index (χ1v) is 8.06. The third-order valence-electron chi connectivity index (χ3n) is 5.01. The van der Waals surface area contributed by atoms with Gasteiger partial charge >= 0.3 is 12.1 Å². The van der Waals surface area contributed by atoms with Gasteiger partial charge in [0.1, 0.15) is 0 Å². The number of nitrogens with zero attached hydrogens (tertiary/aromatic N) is 2. The topological polar surface area (TPSA) is 69.2 Å². The maximum Gasteiger partial charge on any atom is 0.392 e. The van der Waals surface area contributed by atoms with Gasteiger partial charge in [-0.25, -0.2) is 9.78 Å². The van der Waals surface area contributed by atoms with Crippen molar-refractivity contribution >= 4 is 11.9 Å². The Morgan fingerprint density at radius 2 is 2.12 bits per heavy atom. The van der Waals surface area contributed by atoms with Crippen molar-refractivity contribution in [1.29, 1.82) is 0 Å². The minimum atomic E-state index is -4.19. The van der Waals surface area contributed by atoms with Gasteiger partial charge in [0.05, 0.1) is 17.2 Å². The van der Waals surface area contributed by atoms with E-state index < -0.39 is 18.1 Å². The first kappa shape index (κ1) is 16.0. The van der Waals surface area contributed by atoms with Gasteiger partial charge < -0.3 is 15.0 Å². The number of nitrogens with one attached hydrogen (secondary N) is 1. The minimum Gasteiger partial charge on any atom is -0.478 e. The molecular formula is C17H16F3N3O2. The quantitative estimate of drug-likeness (QED) is 0.871. The maximum absolute atomic E-state index is 12.9. The van der Waals surface area contributed by atoms with Crippen molar-refractivity contribution in [2.45, 2.75) is 38.5 Å². The van der Waals surface area contributed by atoms with E-state index in [2.05, 4.69) is 9.97 Å². The molecule has 1 atom stereocenters. The number of aromatic nitrogens is 2. The molecule has 2 aromatic rings. The second kappa shape index (κ2) is 5.50. The minimum absolute atomic E-state index is 0.0597. The molecule has 0 saturated heterocycles. The summed E-state index contributed by atoms with van der Waals surface area (Å²) in [5.74, 6) is -1.80. The molecule has 1 unspecified atom stereocenters. The molecule has 2 N–H and O–H groups in total.